The monoisotopic (exact) mass is 904 g/mol. The fourth-order valence-electron chi connectivity index (χ4n) is 13.6. The van der Waals surface area contributed by atoms with Crippen molar-refractivity contribution < 1.29 is 94.1 Å². The van der Waals surface area contributed by atoms with Crippen molar-refractivity contribution in [2.75, 3.05) is 26.4 Å². The lowest BCUT2D eigenvalue weighted by atomic mass is 9.44. The molecule has 4 saturated heterocycles. The summed E-state index contributed by atoms with van der Waals surface area (Å²) in [6.07, 6.45) is -14.7. The van der Waals surface area contributed by atoms with Gasteiger partial charge >= 0.3 is 0 Å². The van der Waals surface area contributed by atoms with Crippen molar-refractivity contribution in [1.82, 2.24) is 0 Å². The third-order valence-corrected chi connectivity index (χ3v) is 17.4. The van der Waals surface area contributed by atoms with Crippen LogP contribution in [0.15, 0.2) is 0 Å². The fourth-order valence-corrected chi connectivity index (χ4v) is 13.6. The lowest BCUT2D eigenvalue weighted by Gasteiger charge is -2.60. The van der Waals surface area contributed by atoms with E-state index in [1.165, 1.54) is 0 Å². The molecule has 19 heteroatoms. The molecule has 0 amide bonds. The Bertz CT molecular complexity index is 1590. The number of ketones is 1. The van der Waals surface area contributed by atoms with Crippen LogP contribution in [-0.4, -0.2) is 192 Å². The molecule has 11 N–H and O–H groups in total. The lowest BCUT2D eigenvalue weighted by Crippen LogP contribution is -2.61. The maximum absolute atomic E-state index is 14.3. The molecule has 19 nitrogen and oxygen atoms in total. The third-order valence-electron chi connectivity index (χ3n) is 17.4. The van der Waals surface area contributed by atoms with E-state index in [9.17, 15) is 61.0 Å². The van der Waals surface area contributed by atoms with E-state index in [-0.39, 0.29) is 78.0 Å². The van der Waals surface area contributed by atoms with Crippen LogP contribution in [0.25, 0.3) is 0 Å². The van der Waals surface area contributed by atoms with Gasteiger partial charge in [0, 0.05) is 24.7 Å². The lowest BCUT2D eigenvalue weighted by molar-refractivity contribution is -0.330. The van der Waals surface area contributed by atoms with E-state index in [2.05, 4.69) is 20.8 Å². The molecule has 0 aromatic heterocycles. The zero-order valence-corrected chi connectivity index (χ0v) is 36.7. The van der Waals surface area contributed by atoms with Gasteiger partial charge in [0.15, 0.2) is 24.7 Å². The van der Waals surface area contributed by atoms with Crippen LogP contribution < -0.4 is 0 Å². The molecule has 0 bridgehead atoms. The highest BCUT2D eigenvalue weighted by molar-refractivity contribution is 5.83. The summed E-state index contributed by atoms with van der Waals surface area (Å²) in [5.74, 6) is -0.895. The van der Waals surface area contributed by atoms with Gasteiger partial charge in [-0.3, -0.25) is 4.79 Å². The molecule has 8 rings (SSSR count). The Kier molecular flexibility index (Phi) is 14.2. The zero-order valence-electron chi connectivity index (χ0n) is 36.7. The van der Waals surface area contributed by atoms with Gasteiger partial charge in [-0.25, -0.2) is 0 Å². The molecule has 0 aromatic rings. The van der Waals surface area contributed by atoms with E-state index in [1.54, 1.807) is 0 Å². The average Bonchev–Trinajstić information content (AvgIpc) is 3.69. The number of aliphatic hydroxyl groups is 11. The minimum absolute atomic E-state index is 0.0821. The van der Waals surface area contributed by atoms with Gasteiger partial charge in [0.2, 0.25) is 0 Å². The van der Waals surface area contributed by atoms with Gasteiger partial charge in [0.1, 0.15) is 72.9 Å². The van der Waals surface area contributed by atoms with Crippen molar-refractivity contribution >= 4 is 5.78 Å². The maximum atomic E-state index is 14.3. The molecule has 8 aliphatic rings. The normalized spacial score (nSPS) is 55.1. The number of rotatable bonds is 12. The molecule has 0 aromatic carbocycles. The molecule has 1 unspecified atom stereocenters. The summed E-state index contributed by atoms with van der Waals surface area (Å²) in [5.41, 5.74) is -0.420. The summed E-state index contributed by atoms with van der Waals surface area (Å²) in [4.78, 5) is 14.3. The first-order chi connectivity index (χ1) is 29.7. The minimum atomic E-state index is -1.64. The maximum Gasteiger partial charge on any atom is 0.186 e. The predicted molar refractivity (Wildman–Crippen MR) is 213 cm³/mol. The number of Topliss-reactive ketones (excluding diaryl/α,β-unsaturated/α-hetero) is 1. The Morgan fingerprint density at radius 2 is 1.41 bits per heavy atom. The summed E-state index contributed by atoms with van der Waals surface area (Å²) in [6, 6.07) is 0. The van der Waals surface area contributed by atoms with Gasteiger partial charge in [-0.15, -0.1) is 0 Å². The Morgan fingerprint density at radius 1 is 0.762 bits per heavy atom. The van der Waals surface area contributed by atoms with Crippen LogP contribution in [0, 0.1) is 52.3 Å². The van der Waals surface area contributed by atoms with Gasteiger partial charge < -0.3 is 89.3 Å². The SMILES string of the molecule is C[C@H](CCC1(O)O[C@H]2C[C@H]3[C@@H]4CC(=O)[C@H]5C[C@@H](O[C@@H]6O[C@H](CO[C@@H]7OC[C@H](O)[C@H](O)[C@H]7O)[C@@H](O)[C@H](O)[C@H]6O)CC[C@]5(C)[C@H]4CC[C@]3(C)[C@H]2[C@@H]1C)CO[C@@H]1O[C@H](CO)[C@@H](O)[C@H](O)[C@H]1O. The fraction of sp³-hybridized carbons (Fsp3) is 0.977. The summed E-state index contributed by atoms with van der Waals surface area (Å²) in [7, 11) is 0. The first-order valence-corrected chi connectivity index (χ1v) is 23.2. The highest BCUT2D eigenvalue weighted by atomic mass is 16.7. The van der Waals surface area contributed by atoms with Gasteiger partial charge in [-0.1, -0.05) is 27.7 Å². The van der Waals surface area contributed by atoms with Crippen molar-refractivity contribution in [2.45, 2.75) is 189 Å². The van der Waals surface area contributed by atoms with Crippen LogP contribution in [0.3, 0.4) is 0 Å². The summed E-state index contributed by atoms with van der Waals surface area (Å²) in [5, 5.41) is 114. The summed E-state index contributed by atoms with van der Waals surface area (Å²) < 4.78 is 40.9. The van der Waals surface area contributed by atoms with E-state index in [4.69, 9.17) is 33.2 Å². The molecular weight excluding hydrogens is 832 g/mol. The van der Waals surface area contributed by atoms with E-state index < -0.39 is 105 Å². The van der Waals surface area contributed by atoms with E-state index >= 15 is 0 Å². The Balaban J connectivity index is 0.850. The smallest absolute Gasteiger partial charge is 0.186 e. The predicted octanol–water partition coefficient (Wildman–Crippen LogP) is -1.96. The van der Waals surface area contributed by atoms with Crippen LogP contribution in [-0.2, 0) is 38.0 Å². The molecule has 0 spiro atoms. The average molecular weight is 905 g/mol. The molecule has 362 valence electrons. The molecule has 4 saturated carbocycles. The van der Waals surface area contributed by atoms with Crippen LogP contribution in [0.4, 0.5) is 0 Å². The van der Waals surface area contributed by atoms with Crippen molar-refractivity contribution in [1.29, 1.82) is 0 Å². The molecule has 4 heterocycles. The van der Waals surface area contributed by atoms with Gasteiger partial charge in [-0.05, 0) is 85.4 Å². The Morgan fingerprint density at radius 3 is 2.13 bits per heavy atom. The van der Waals surface area contributed by atoms with Gasteiger partial charge in [0.25, 0.3) is 0 Å². The van der Waals surface area contributed by atoms with Crippen molar-refractivity contribution in [3.05, 3.63) is 0 Å². The molecule has 26 atom stereocenters. The third kappa shape index (κ3) is 8.60. The number of hydrogen-bond donors (Lipinski definition) is 11. The molecule has 4 aliphatic carbocycles. The zero-order chi connectivity index (χ0) is 45.5. The minimum Gasteiger partial charge on any atom is -0.394 e. The largest absolute Gasteiger partial charge is 0.394 e. The standard InChI is InChI=1S/C44H72O19/c1-18(15-57-40-37(54)34(51)32(49)28(14-45)61-40)5-10-44(56)19(2)30-27(63-44)13-23-21-12-25(46)24-11-20(6-8-42(24,3)22(21)7-9-43(23,30)4)60-41-38(55)35(52)33(50)29(62-41)17-59-39-36(53)31(48)26(47)16-58-39/h18-24,26-41,45,47-56H,5-17H2,1-4H3/t18-,19+,20+,21-,22+,23+,24-,26+,27+,28-,29-,30+,31+,32-,33-,34+,35+,36-,37-,38-,39+,40-,41-,42-,43+,44?/m1/s1. The molecular formula is C44H72O19. The molecule has 4 aliphatic heterocycles. The number of carbonyl (C=O) groups is 1. The number of fused-ring (bicyclic) bond motifs is 7. The van der Waals surface area contributed by atoms with Crippen molar-refractivity contribution in [2.24, 2.45) is 52.3 Å². The highest BCUT2D eigenvalue weighted by Crippen LogP contribution is 2.70. The highest BCUT2D eigenvalue weighted by Gasteiger charge is 2.69. The summed E-state index contributed by atoms with van der Waals surface area (Å²) in [6.45, 7) is 7.49. The van der Waals surface area contributed by atoms with Crippen molar-refractivity contribution in [3.8, 4) is 0 Å². The van der Waals surface area contributed by atoms with E-state index in [0.29, 0.717) is 44.4 Å². The first-order valence-electron chi connectivity index (χ1n) is 23.2. The van der Waals surface area contributed by atoms with Crippen LogP contribution in [0.1, 0.15) is 85.5 Å². The van der Waals surface area contributed by atoms with Crippen LogP contribution in [0.2, 0.25) is 0 Å². The second-order valence-corrected chi connectivity index (χ2v) is 21.0. The van der Waals surface area contributed by atoms with Gasteiger partial charge in [0.05, 0.1) is 38.6 Å². The quantitative estimate of drug-likeness (QED) is 0.0948. The Labute approximate surface area is 367 Å². The van der Waals surface area contributed by atoms with Crippen LogP contribution >= 0.6 is 0 Å². The molecule has 8 fully saturated rings. The second-order valence-electron chi connectivity index (χ2n) is 21.0. The second kappa shape index (κ2) is 18.5. The van der Waals surface area contributed by atoms with Crippen molar-refractivity contribution in [3.63, 3.8) is 0 Å². The van der Waals surface area contributed by atoms with E-state index in [1.807, 2.05) is 6.92 Å². The molecule has 0 radical (unpaired) electrons. The number of aliphatic hydroxyl groups excluding tert-OH is 10. The number of hydrogen-bond acceptors (Lipinski definition) is 19. The van der Waals surface area contributed by atoms with Crippen LogP contribution in [0.5, 0.6) is 0 Å². The number of ether oxygens (including phenoxy) is 7. The van der Waals surface area contributed by atoms with Gasteiger partial charge in [-0.2, -0.15) is 0 Å². The van der Waals surface area contributed by atoms with E-state index in [0.717, 1.165) is 19.3 Å². The number of carbonyl (C=O) groups excluding carboxylic acids is 1. The molecule has 63 heavy (non-hydrogen) atoms. The topological polar surface area (TPSA) is 304 Å². The Hall–Kier alpha value is -1.05. The summed E-state index contributed by atoms with van der Waals surface area (Å²) >= 11 is 0. The first kappa shape index (κ1) is 48.4.